The van der Waals surface area contributed by atoms with Crippen LogP contribution in [0.25, 0.3) is 0 Å². The first kappa shape index (κ1) is 9.48. The fourth-order valence-corrected chi connectivity index (χ4v) is 1.20. The van der Waals surface area contributed by atoms with Gasteiger partial charge in [-0.3, -0.25) is 4.79 Å². The van der Waals surface area contributed by atoms with Gasteiger partial charge in [0.25, 0.3) is 0 Å². The van der Waals surface area contributed by atoms with E-state index >= 15 is 0 Å². The zero-order valence-corrected chi connectivity index (χ0v) is 7.59. The number of nitrogens with one attached hydrogen (secondary N) is 2. The van der Waals surface area contributed by atoms with E-state index in [1.165, 1.54) is 7.11 Å². The molecule has 12 heavy (non-hydrogen) atoms. The van der Waals surface area contributed by atoms with E-state index in [9.17, 15) is 4.79 Å². The van der Waals surface area contributed by atoms with Crippen LogP contribution < -0.4 is 10.6 Å². The molecule has 1 heterocycles. The van der Waals surface area contributed by atoms with E-state index in [0.717, 1.165) is 19.5 Å². The number of carbonyl (C=O) groups excluding carboxylic acids is 1. The van der Waals surface area contributed by atoms with Crippen LogP contribution >= 0.6 is 0 Å². The van der Waals surface area contributed by atoms with Gasteiger partial charge in [-0.2, -0.15) is 0 Å². The summed E-state index contributed by atoms with van der Waals surface area (Å²) in [7, 11) is 1.54. The van der Waals surface area contributed by atoms with Gasteiger partial charge in [0.05, 0.1) is 0 Å². The first-order valence-electron chi connectivity index (χ1n) is 4.28. The molecule has 0 radical (unpaired) electrons. The third-order valence-electron chi connectivity index (χ3n) is 2.13. The van der Waals surface area contributed by atoms with Crippen LogP contribution in [0.4, 0.5) is 0 Å². The molecule has 0 aliphatic carbocycles. The van der Waals surface area contributed by atoms with Gasteiger partial charge < -0.3 is 15.4 Å². The third-order valence-corrected chi connectivity index (χ3v) is 2.13. The number of hydrogen-bond donors (Lipinski definition) is 2. The summed E-state index contributed by atoms with van der Waals surface area (Å²) in [5, 5.41) is 6.08. The van der Waals surface area contributed by atoms with Crippen LogP contribution in [0.1, 0.15) is 13.3 Å². The molecule has 0 aromatic heterocycles. The Morgan fingerprint density at radius 1 is 1.75 bits per heavy atom. The topological polar surface area (TPSA) is 50.4 Å². The SMILES string of the molecule is COC(C)C(=O)NC1CCNC1. The maximum absolute atomic E-state index is 11.3. The van der Waals surface area contributed by atoms with Crippen molar-refractivity contribution in [1.29, 1.82) is 0 Å². The van der Waals surface area contributed by atoms with E-state index in [4.69, 9.17) is 4.74 Å². The van der Waals surface area contributed by atoms with Crippen LogP contribution in [0.5, 0.6) is 0 Å². The zero-order chi connectivity index (χ0) is 8.97. The van der Waals surface area contributed by atoms with Crippen LogP contribution in [0.15, 0.2) is 0 Å². The Morgan fingerprint density at radius 3 is 3.00 bits per heavy atom. The lowest BCUT2D eigenvalue weighted by Gasteiger charge is -2.14. The molecule has 70 valence electrons. The first-order valence-corrected chi connectivity index (χ1v) is 4.28. The number of ether oxygens (including phenoxy) is 1. The van der Waals surface area contributed by atoms with Crippen molar-refractivity contribution in [1.82, 2.24) is 10.6 Å². The molecule has 0 bridgehead atoms. The maximum atomic E-state index is 11.3. The Hall–Kier alpha value is -0.610. The van der Waals surface area contributed by atoms with Crippen molar-refractivity contribution in [3.63, 3.8) is 0 Å². The maximum Gasteiger partial charge on any atom is 0.249 e. The quantitative estimate of drug-likeness (QED) is 0.603. The van der Waals surface area contributed by atoms with E-state index < -0.39 is 0 Å². The van der Waals surface area contributed by atoms with E-state index in [-0.39, 0.29) is 18.1 Å². The first-order chi connectivity index (χ1) is 5.74. The largest absolute Gasteiger partial charge is 0.372 e. The standard InChI is InChI=1S/C8H16N2O2/c1-6(12-2)8(11)10-7-3-4-9-5-7/h6-7,9H,3-5H2,1-2H3,(H,10,11). The minimum Gasteiger partial charge on any atom is -0.372 e. The van der Waals surface area contributed by atoms with Gasteiger partial charge in [-0.1, -0.05) is 0 Å². The molecule has 2 unspecified atom stereocenters. The van der Waals surface area contributed by atoms with Crippen molar-refractivity contribution in [2.75, 3.05) is 20.2 Å². The van der Waals surface area contributed by atoms with E-state index in [2.05, 4.69) is 10.6 Å². The molecule has 0 saturated carbocycles. The predicted octanol–water partition coefficient (Wildman–Crippen LogP) is -0.501. The smallest absolute Gasteiger partial charge is 0.249 e. The number of carbonyl (C=O) groups is 1. The van der Waals surface area contributed by atoms with Crippen molar-refractivity contribution < 1.29 is 9.53 Å². The highest BCUT2D eigenvalue weighted by atomic mass is 16.5. The van der Waals surface area contributed by atoms with Crippen molar-refractivity contribution >= 4 is 5.91 Å². The Labute approximate surface area is 72.7 Å². The van der Waals surface area contributed by atoms with Gasteiger partial charge in [0.15, 0.2) is 0 Å². The summed E-state index contributed by atoms with van der Waals surface area (Å²) >= 11 is 0. The predicted molar refractivity (Wildman–Crippen MR) is 45.9 cm³/mol. The summed E-state index contributed by atoms with van der Waals surface area (Å²) in [6, 6.07) is 0.287. The Morgan fingerprint density at radius 2 is 2.50 bits per heavy atom. The minimum absolute atomic E-state index is 0.0220. The molecule has 0 aromatic carbocycles. The van der Waals surface area contributed by atoms with Crippen molar-refractivity contribution in [2.24, 2.45) is 0 Å². The zero-order valence-electron chi connectivity index (χ0n) is 7.59. The molecular weight excluding hydrogens is 156 g/mol. The number of hydrogen-bond acceptors (Lipinski definition) is 3. The van der Waals surface area contributed by atoms with Crippen molar-refractivity contribution in [3.8, 4) is 0 Å². The van der Waals surface area contributed by atoms with Crippen LogP contribution in [-0.2, 0) is 9.53 Å². The molecular formula is C8H16N2O2. The highest BCUT2D eigenvalue weighted by Crippen LogP contribution is 1.98. The second-order valence-electron chi connectivity index (χ2n) is 3.08. The summed E-state index contributed by atoms with van der Waals surface area (Å²) < 4.78 is 4.89. The van der Waals surface area contributed by atoms with Gasteiger partial charge in [0.1, 0.15) is 6.10 Å². The molecule has 0 spiro atoms. The van der Waals surface area contributed by atoms with Crippen LogP contribution in [0.2, 0.25) is 0 Å². The molecule has 1 rings (SSSR count). The molecule has 0 aromatic rings. The lowest BCUT2D eigenvalue weighted by molar-refractivity contribution is -0.130. The molecule has 1 aliphatic heterocycles. The fourth-order valence-electron chi connectivity index (χ4n) is 1.20. The lowest BCUT2D eigenvalue weighted by Crippen LogP contribution is -2.41. The van der Waals surface area contributed by atoms with Crippen molar-refractivity contribution in [2.45, 2.75) is 25.5 Å². The highest BCUT2D eigenvalue weighted by Gasteiger charge is 2.19. The Balaban J connectivity index is 2.25. The van der Waals surface area contributed by atoms with Crippen molar-refractivity contribution in [3.05, 3.63) is 0 Å². The van der Waals surface area contributed by atoms with Gasteiger partial charge in [0.2, 0.25) is 5.91 Å². The van der Waals surface area contributed by atoms with Crippen LogP contribution in [-0.4, -0.2) is 38.3 Å². The average molecular weight is 172 g/mol. The monoisotopic (exact) mass is 172 g/mol. The molecule has 2 N–H and O–H groups in total. The second-order valence-corrected chi connectivity index (χ2v) is 3.08. The van der Waals surface area contributed by atoms with Crippen LogP contribution in [0.3, 0.4) is 0 Å². The summed E-state index contributed by atoms with van der Waals surface area (Å²) in [5.41, 5.74) is 0. The summed E-state index contributed by atoms with van der Waals surface area (Å²) in [5.74, 6) is -0.0220. The summed E-state index contributed by atoms with van der Waals surface area (Å²) in [4.78, 5) is 11.3. The van der Waals surface area contributed by atoms with Gasteiger partial charge in [-0.25, -0.2) is 0 Å². The number of amides is 1. The molecule has 1 amide bonds. The Kier molecular flexibility index (Phi) is 3.49. The summed E-state index contributed by atoms with van der Waals surface area (Å²) in [6.07, 6.45) is 0.674. The van der Waals surface area contributed by atoms with E-state index in [0.29, 0.717) is 0 Å². The summed E-state index contributed by atoms with van der Waals surface area (Å²) in [6.45, 7) is 3.62. The molecule has 4 heteroatoms. The average Bonchev–Trinajstić information content (AvgIpc) is 2.55. The molecule has 1 fully saturated rings. The minimum atomic E-state index is -0.342. The lowest BCUT2D eigenvalue weighted by atomic mass is 10.2. The van der Waals surface area contributed by atoms with Gasteiger partial charge in [-0.15, -0.1) is 0 Å². The van der Waals surface area contributed by atoms with E-state index in [1.807, 2.05) is 0 Å². The third kappa shape index (κ3) is 2.46. The van der Waals surface area contributed by atoms with Gasteiger partial charge >= 0.3 is 0 Å². The fraction of sp³-hybridized carbons (Fsp3) is 0.875. The van der Waals surface area contributed by atoms with Crippen LogP contribution in [0, 0.1) is 0 Å². The molecule has 1 aliphatic rings. The molecule has 4 nitrogen and oxygen atoms in total. The Bertz CT molecular complexity index is 155. The number of methoxy groups -OCH3 is 1. The normalized spacial score (nSPS) is 25.3. The second kappa shape index (κ2) is 4.42. The van der Waals surface area contributed by atoms with E-state index in [1.54, 1.807) is 6.92 Å². The molecule has 1 saturated heterocycles. The van der Waals surface area contributed by atoms with Gasteiger partial charge in [-0.05, 0) is 19.9 Å². The van der Waals surface area contributed by atoms with Gasteiger partial charge in [0, 0.05) is 19.7 Å². The number of rotatable bonds is 3. The molecule has 2 atom stereocenters. The highest BCUT2D eigenvalue weighted by molar-refractivity contribution is 5.80.